The average molecular weight is 771 g/mol. The Labute approximate surface area is 317 Å². The number of nitrogens with one attached hydrogen (secondary N) is 6. The number of aliphatic hydroxyl groups is 1. The monoisotopic (exact) mass is 770 g/mol. The van der Waals surface area contributed by atoms with Crippen LogP contribution in [0.1, 0.15) is 42.1 Å². The zero-order valence-corrected chi connectivity index (χ0v) is 30.8. The zero-order valence-electron chi connectivity index (χ0n) is 30.8. The molecule has 0 saturated heterocycles. The van der Waals surface area contributed by atoms with Crippen LogP contribution in [0.25, 0.3) is 11.1 Å². The van der Waals surface area contributed by atoms with Gasteiger partial charge in [-0.1, -0.05) is 42.0 Å². The fourth-order valence-electron chi connectivity index (χ4n) is 4.80. The number of esters is 1. The Bertz CT molecular complexity index is 1670. The average Bonchev–Trinajstić information content (AvgIpc) is 3.16. The van der Waals surface area contributed by atoms with Crippen LogP contribution in [0.15, 0.2) is 48.5 Å². The molecule has 0 spiro atoms. The molecule has 0 aliphatic carbocycles. The van der Waals surface area contributed by atoms with Gasteiger partial charge < -0.3 is 64.7 Å². The first-order valence-electron chi connectivity index (χ1n) is 17.2. The lowest BCUT2D eigenvalue weighted by molar-refractivity contribution is -0.144. The van der Waals surface area contributed by atoms with E-state index in [-0.39, 0.29) is 25.1 Å². The molecule has 20 heteroatoms. The summed E-state index contributed by atoms with van der Waals surface area (Å²) in [6.45, 7) is 2.39. The number of benzene rings is 2. The molecule has 0 bridgehead atoms. The zero-order chi connectivity index (χ0) is 41.2. The van der Waals surface area contributed by atoms with Crippen molar-refractivity contribution in [3.8, 4) is 11.1 Å². The van der Waals surface area contributed by atoms with Gasteiger partial charge in [0, 0.05) is 12.1 Å². The normalized spacial score (nSPS) is 14.0. The van der Waals surface area contributed by atoms with Crippen molar-refractivity contribution in [2.24, 2.45) is 22.9 Å². The maximum absolute atomic E-state index is 13.1. The fraction of sp³-hybridized carbons (Fsp3) is 0.429. The number of rotatable bonds is 21. The van der Waals surface area contributed by atoms with Gasteiger partial charge in [-0.3, -0.25) is 38.4 Å². The second kappa shape index (κ2) is 22.4. The number of amides is 6. The minimum absolute atomic E-state index is 0.0274. The third-order valence-corrected chi connectivity index (χ3v) is 8.04. The number of carbonyl (C=O) groups excluding carboxylic acids is 8. The summed E-state index contributed by atoms with van der Waals surface area (Å²) in [6.07, 6.45) is -4.50. The van der Waals surface area contributed by atoms with Gasteiger partial charge in [0.05, 0.1) is 13.2 Å². The molecule has 0 heterocycles. The molecule has 0 aliphatic heterocycles. The molecular weight excluding hydrogens is 720 g/mol. The first-order chi connectivity index (χ1) is 26.0. The van der Waals surface area contributed by atoms with E-state index in [0.29, 0.717) is 12.8 Å². The quantitative estimate of drug-likeness (QED) is 0.0249. The highest BCUT2D eigenvalue weighted by atomic mass is 16.5. The first-order valence-corrected chi connectivity index (χ1v) is 17.2. The van der Waals surface area contributed by atoms with Crippen molar-refractivity contribution in [1.29, 1.82) is 0 Å². The predicted octanol–water partition coefficient (Wildman–Crippen LogP) is -4.14. The Kier molecular flexibility index (Phi) is 18.5. The van der Waals surface area contributed by atoms with E-state index in [2.05, 4.69) is 31.3 Å². The summed E-state index contributed by atoms with van der Waals surface area (Å²) in [5.74, 6) is -8.16. The summed E-state index contributed by atoms with van der Waals surface area (Å²) in [7, 11) is 1.07. The Hall–Kier alpha value is -5.80. The number of methoxy groups -OCH3 is 1. The van der Waals surface area contributed by atoms with E-state index in [4.69, 9.17) is 22.9 Å². The molecule has 0 aromatic heterocycles. The number of Topliss-reactive ketones (excluding diaryl/α,β-unsaturated/α-hetero) is 1. The third-order valence-electron chi connectivity index (χ3n) is 8.04. The van der Waals surface area contributed by atoms with E-state index in [1.165, 1.54) is 6.92 Å². The smallest absolute Gasteiger partial charge is 0.325 e. The molecule has 2 aromatic rings. The van der Waals surface area contributed by atoms with Gasteiger partial charge in [-0.15, -0.1) is 0 Å². The molecule has 55 heavy (non-hydrogen) atoms. The van der Waals surface area contributed by atoms with E-state index in [0.717, 1.165) is 23.8 Å². The summed E-state index contributed by atoms with van der Waals surface area (Å²) < 4.78 is 4.36. The van der Waals surface area contributed by atoms with Gasteiger partial charge in [-0.05, 0) is 62.9 Å². The van der Waals surface area contributed by atoms with E-state index in [1.807, 2.05) is 36.5 Å². The summed E-state index contributed by atoms with van der Waals surface area (Å²) in [5, 5.41) is 23.6. The van der Waals surface area contributed by atoms with Gasteiger partial charge in [-0.25, -0.2) is 0 Å². The second-order valence-corrected chi connectivity index (χ2v) is 12.4. The topological polar surface area (TPSA) is 342 Å². The molecule has 0 fully saturated rings. The van der Waals surface area contributed by atoms with Gasteiger partial charge >= 0.3 is 5.97 Å². The maximum atomic E-state index is 13.1. The molecule has 6 atom stereocenters. The number of carbonyl (C=O) groups is 8. The molecule has 0 radical (unpaired) electrons. The van der Waals surface area contributed by atoms with Gasteiger partial charge in [0.1, 0.15) is 30.8 Å². The van der Waals surface area contributed by atoms with Crippen LogP contribution in [0.3, 0.4) is 0 Å². The highest BCUT2D eigenvalue weighted by Gasteiger charge is 2.33. The fourth-order valence-corrected chi connectivity index (χ4v) is 4.80. The second-order valence-electron chi connectivity index (χ2n) is 12.4. The molecule has 0 saturated carbocycles. The van der Waals surface area contributed by atoms with E-state index >= 15 is 0 Å². The van der Waals surface area contributed by atoms with Crippen LogP contribution >= 0.6 is 0 Å². The highest BCUT2D eigenvalue weighted by Crippen LogP contribution is 2.20. The molecular formula is C35H50N10O10. The van der Waals surface area contributed by atoms with Crippen molar-refractivity contribution >= 4 is 47.2 Å². The van der Waals surface area contributed by atoms with Crippen molar-refractivity contribution in [1.82, 2.24) is 31.9 Å². The molecule has 15 N–H and O–H groups in total. The summed E-state index contributed by atoms with van der Waals surface area (Å²) in [4.78, 5) is 101. The van der Waals surface area contributed by atoms with Crippen molar-refractivity contribution in [2.75, 3.05) is 26.7 Å². The third kappa shape index (κ3) is 14.5. The standard InChI is InChI=1S/C35H50N10O10/c1-18-7-9-20(10-8-18)21-11-13-22(14-12-21)30(49)42-24(16-37)32(51)43-26(19(2)46)33(52)45-29(39)35(54)41-23(6-4-5-15-36)31(50)44-28(38)27(48)34(53)40-17-25(47)55-3/h7-14,19,23-24,26,28-29,46H,4-6,15-17,36-39H2,1-3H3,(H,40,53)(H,41,54)(H,42,49)(H,43,51)(H,44,50)(H,45,52)/t19-,23+,24+,26+,28-,29-/m1/s1. The lowest BCUT2D eigenvalue weighted by Crippen LogP contribution is -2.63. The summed E-state index contributed by atoms with van der Waals surface area (Å²) in [5.41, 5.74) is 26.0. The van der Waals surface area contributed by atoms with Crippen molar-refractivity contribution in [2.45, 2.75) is 69.7 Å². The Balaban J connectivity index is 2.04. The van der Waals surface area contributed by atoms with Crippen LogP contribution in [-0.4, -0.2) is 116 Å². The molecule has 0 unspecified atom stereocenters. The van der Waals surface area contributed by atoms with Crippen LogP contribution in [0.5, 0.6) is 0 Å². The highest BCUT2D eigenvalue weighted by molar-refractivity contribution is 6.38. The first kappa shape index (κ1) is 45.4. The summed E-state index contributed by atoms with van der Waals surface area (Å²) in [6, 6.07) is 10.1. The summed E-state index contributed by atoms with van der Waals surface area (Å²) >= 11 is 0. The van der Waals surface area contributed by atoms with E-state index in [1.54, 1.807) is 24.3 Å². The van der Waals surface area contributed by atoms with Gasteiger partial charge in [0.15, 0.2) is 6.17 Å². The van der Waals surface area contributed by atoms with Crippen LogP contribution in [0, 0.1) is 6.92 Å². The van der Waals surface area contributed by atoms with E-state index in [9.17, 15) is 43.5 Å². The SMILES string of the molecule is COC(=O)CNC(=O)C(=O)[C@H](N)NC(=O)[C@H](CCCCN)NC(=O)[C@H](N)NC(=O)[C@@H](NC(=O)[C@H](CN)NC(=O)c1ccc(-c2ccc(C)cc2)cc1)[C@@H](C)O. The van der Waals surface area contributed by atoms with Crippen LogP contribution in [0.4, 0.5) is 0 Å². The predicted molar refractivity (Wildman–Crippen MR) is 198 cm³/mol. The van der Waals surface area contributed by atoms with Crippen LogP contribution in [0.2, 0.25) is 0 Å². The molecule has 2 rings (SSSR count). The molecule has 0 aliphatic rings. The molecule has 20 nitrogen and oxygen atoms in total. The minimum atomic E-state index is -1.87. The number of aliphatic hydroxyl groups excluding tert-OH is 1. The number of nitrogens with two attached hydrogens (primary N) is 4. The lowest BCUT2D eigenvalue weighted by Gasteiger charge is -2.26. The Morgan fingerprint density at radius 3 is 1.82 bits per heavy atom. The molecule has 300 valence electrons. The Morgan fingerprint density at radius 2 is 1.27 bits per heavy atom. The van der Waals surface area contributed by atoms with Gasteiger partial charge in [0.2, 0.25) is 17.7 Å². The number of hydrogen-bond acceptors (Lipinski definition) is 14. The van der Waals surface area contributed by atoms with Crippen molar-refractivity contribution in [3.05, 3.63) is 59.7 Å². The van der Waals surface area contributed by atoms with Crippen LogP contribution < -0.4 is 54.8 Å². The number of unbranched alkanes of at least 4 members (excludes halogenated alkanes) is 1. The molecule has 2 aromatic carbocycles. The number of ketones is 1. The van der Waals surface area contributed by atoms with Crippen LogP contribution in [-0.2, 0) is 38.3 Å². The largest absolute Gasteiger partial charge is 0.468 e. The van der Waals surface area contributed by atoms with Crippen molar-refractivity contribution in [3.63, 3.8) is 0 Å². The van der Waals surface area contributed by atoms with E-state index < -0.39 is 90.3 Å². The van der Waals surface area contributed by atoms with Gasteiger partial charge in [-0.2, -0.15) is 0 Å². The van der Waals surface area contributed by atoms with Gasteiger partial charge in [0.25, 0.3) is 23.5 Å². The Morgan fingerprint density at radius 1 is 0.709 bits per heavy atom. The minimum Gasteiger partial charge on any atom is -0.468 e. The maximum Gasteiger partial charge on any atom is 0.325 e. The number of aryl methyl sites for hydroxylation is 1. The number of hydrogen-bond donors (Lipinski definition) is 11. The molecule has 6 amide bonds. The number of ether oxygens (including phenoxy) is 1. The lowest BCUT2D eigenvalue weighted by atomic mass is 10.0. The van der Waals surface area contributed by atoms with Crippen molar-refractivity contribution < 1.29 is 48.2 Å².